The van der Waals surface area contributed by atoms with Crippen molar-refractivity contribution in [3.63, 3.8) is 0 Å². The molecule has 3 rings (SSSR count). The number of benzene rings is 2. The van der Waals surface area contributed by atoms with Crippen molar-refractivity contribution in [1.82, 2.24) is 10.0 Å². The van der Waals surface area contributed by atoms with Crippen molar-refractivity contribution in [2.45, 2.75) is 30.2 Å². The molecule has 1 amide bonds. The molecule has 148 valence electrons. The lowest BCUT2D eigenvalue weighted by molar-refractivity contribution is -0.117. The Morgan fingerprint density at radius 3 is 2.29 bits per heavy atom. The minimum absolute atomic E-state index is 0.00199. The highest BCUT2D eigenvalue weighted by Gasteiger charge is 2.29. The molecule has 0 spiro atoms. The van der Waals surface area contributed by atoms with E-state index in [1.165, 1.54) is 31.7 Å². The number of rotatable bonds is 7. The van der Waals surface area contributed by atoms with E-state index < -0.39 is 10.0 Å². The Bertz CT molecular complexity index is 950. The Morgan fingerprint density at radius 1 is 1.11 bits per heavy atom. The highest BCUT2D eigenvalue weighted by atomic mass is 79.9. The van der Waals surface area contributed by atoms with Crippen LogP contribution in [0, 0.1) is 5.92 Å². The topological polar surface area (TPSA) is 75.3 Å². The second-order valence-corrected chi connectivity index (χ2v) is 9.64. The third kappa shape index (κ3) is 5.10. The van der Waals surface area contributed by atoms with E-state index in [1.807, 2.05) is 24.3 Å². The van der Waals surface area contributed by atoms with E-state index in [2.05, 4.69) is 26.0 Å². The van der Waals surface area contributed by atoms with Gasteiger partial charge in [0.15, 0.2) is 0 Å². The van der Waals surface area contributed by atoms with Crippen molar-refractivity contribution in [1.29, 1.82) is 0 Å². The van der Waals surface area contributed by atoms with Gasteiger partial charge in [0, 0.05) is 10.5 Å². The summed E-state index contributed by atoms with van der Waals surface area (Å²) in [5, 5.41) is 3.12. The van der Waals surface area contributed by atoms with Gasteiger partial charge in [-0.05, 0) is 67.3 Å². The molecule has 1 unspecified atom stereocenters. The monoisotopic (exact) mass is 462 g/mol. The number of carbonyl (C=O) groups excluding carboxylic acids is 1. The van der Waals surface area contributed by atoms with Gasteiger partial charge < -0.3 is 5.32 Å². The summed E-state index contributed by atoms with van der Waals surface area (Å²) in [5.41, 5.74) is 1.87. The predicted octanol–water partition coefficient (Wildman–Crippen LogP) is 4.03. The van der Waals surface area contributed by atoms with Crippen LogP contribution in [0.4, 0.5) is 0 Å². The van der Waals surface area contributed by atoms with Crippen LogP contribution in [-0.2, 0) is 14.8 Å². The standard InChI is InChI=1S/C21H23BrN2O3S/c1-23-28(26,27)19-12-5-15(6-13-19)7-14-20(25)24-21(16-3-2-4-16)17-8-10-18(22)11-9-17/h5-14,16,21,23H,2-4H2,1H3,(H,24,25)/b14-7+. The number of sulfonamides is 1. The maximum Gasteiger partial charge on any atom is 0.244 e. The highest BCUT2D eigenvalue weighted by molar-refractivity contribution is 9.10. The fourth-order valence-corrected chi connectivity index (χ4v) is 4.16. The quantitative estimate of drug-likeness (QED) is 0.609. The van der Waals surface area contributed by atoms with Gasteiger partial charge in [0.1, 0.15) is 0 Å². The summed E-state index contributed by atoms with van der Waals surface area (Å²) in [5.74, 6) is 0.302. The van der Waals surface area contributed by atoms with Crippen LogP contribution in [0.25, 0.3) is 6.08 Å². The molecule has 0 heterocycles. The van der Waals surface area contributed by atoms with Crippen LogP contribution < -0.4 is 10.0 Å². The van der Waals surface area contributed by atoms with E-state index in [9.17, 15) is 13.2 Å². The summed E-state index contributed by atoms with van der Waals surface area (Å²) in [6, 6.07) is 14.4. The summed E-state index contributed by atoms with van der Waals surface area (Å²) in [6.07, 6.45) is 6.61. The molecule has 28 heavy (non-hydrogen) atoms. The number of hydrogen-bond donors (Lipinski definition) is 2. The molecule has 0 bridgehead atoms. The summed E-state index contributed by atoms with van der Waals surface area (Å²) in [7, 11) is -2.09. The molecule has 2 aromatic carbocycles. The number of amides is 1. The van der Waals surface area contributed by atoms with Gasteiger partial charge >= 0.3 is 0 Å². The average molecular weight is 463 g/mol. The third-order valence-corrected chi connectivity index (χ3v) is 6.99. The minimum Gasteiger partial charge on any atom is -0.345 e. The first-order valence-electron chi connectivity index (χ1n) is 9.17. The lowest BCUT2D eigenvalue weighted by atomic mass is 9.77. The second kappa shape index (κ2) is 9.03. The van der Waals surface area contributed by atoms with Crippen LogP contribution in [0.1, 0.15) is 36.4 Å². The smallest absolute Gasteiger partial charge is 0.244 e. The Hall–Kier alpha value is -1.96. The number of hydrogen-bond acceptors (Lipinski definition) is 3. The lowest BCUT2D eigenvalue weighted by Crippen LogP contribution is -2.35. The molecule has 2 aromatic rings. The summed E-state index contributed by atoms with van der Waals surface area (Å²) < 4.78 is 26.8. The van der Waals surface area contributed by atoms with Gasteiger partial charge in [-0.3, -0.25) is 4.79 Å². The summed E-state index contributed by atoms with van der Waals surface area (Å²) in [6.45, 7) is 0. The van der Waals surface area contributed by atoms with Gasteiger partial charge in [-0.25, -0.2) is 13.1 Å². The van der Waals surface area contributed by atoms with Crippen LogP contribution in [-0.4, -0.2) is 21.4 Å². The molecule has 1 atom stereocenters. The molecular weight excluding hydrogens is 440 g/mol. The first kappa shape index (κ1) is 20.8. The number of halogens is 1. The van der Waals surface area contributed by atoms with Crippen LogP contribution in [0.5, 0.6) is 0 Å². The van der Waals surface area contributed by atoms with Gasteiger partial charge in [-0.15, -0.1) is 0 Å². The molecule has 0 saturated heterocycles. The van der Waals surface area contributed by atoms with Crippen molar-refractivity contribution in [3.05, 3.63) is 70.2 Å². The molecule has 7 heteroatoms. The molecule has 0 radical (unpaired) electrons. The minimum atomic E-state index is -3.46. The van der Waals surface area contributed by atoms with E-state index in [0.717, 1.165) is 28.4 Å². The van der Waals surface area contributed by atoms with E-state index in [-0.39, 0.29) is 16.8 Å². The van der Waals surface area contributed by atoms with E-state index in [1.54, 1.807) is 18.2 Å². The van der Waals surface area contributed by atoms with Crippen LogP contribution >= 0.6 is 15.9 Å². The maximum absolute atomic E-state index is 12.5. The number of carbonyl (C=O) groups is 1. The summed E-state index contributed by atoms with van der Waals surface area (Å²) >= 11 is 3.45. The van der Waals surface area contributed by atoms with E-state index >= 15 is 0 Å². The fraction of sp³-hybridized carbons (Fsp3) is 0.286. The normalized spacial score (nSPS) is 15.9. The Labute approximate surface area is 174 Å². The first-order chi connectivity index (χ1) is 13.4. The molecule has 1 aliphatic carbocycles. The van der Waals surface area contributed by atoms with Gasteiger partial charge in [0.25, 0.3) is 0 Å². The van der Waals surface area contributed by atoms with Gasteiger partial charge in [-0.1, -0.05) is 46.6 Å². The second-order valence-electron chi connectivity index (χ2n) is 6.84. The number of nitrogens with one attached hydrogen (secondary N) is 2. The van der Waals surface area contributed by atoms with Crippen LogP contribution in [0.3, 0.4) is 0 Å². The molecule has 5 nitrogen and oxygen atoms in total. The van der Waals surface area contributed by atoms with Crippen molar-refractivity contribution >= 4 is 37.9 Å². The molecule has 1 fully saturated rings. The first-order valence-corrected chi connectivity index (χ1v) is 11.4. The predicted molar refractivity (Wildman–Crippen MR) is 114 cm³/mol. The zero-order valence-electron chi connectivity index (χ0n) is 15.6. The molecule has 1 aliphatic rings. The van der Waals surface area contributed by atoms with Crippen LogP contribution in [0.2, 0.25) is 0 Å². The van der Waals surface area contributed by atoms with Gasteiger partial charge in [-0.2, -0.15) is 0 Å². The van der Waals surface area contributed by atoms with E-state index in [0.29, 0.717) is 5.92 Å². The van der Waals surface area contributed by atoms with Crippen molar-refractivity contribution in [2.24, 2.45) is 5.92 Å². The Morgan fingerprint density at radius 2 is 1.75 bits per heavy atom. The Balaban J connectivity index is 1.68. The SMILES string of the molecule is CNS(=O)(=O)c1ccc(/C=C/C(=O)NC(c2ccc(Br)cc2)C2CCC2)cc1. The molecule has 1 saturated carbocycles. The molecular formula is C21H23BrN2O3S. The lowest BCUT2D eigenvalue weighted by Gasteiger charge is -2.34. The Kier molecular flexibility index (Phi) is 6.69. The third-order valence-electron chi connectivity index (χ3n) is 5.03. The fourth-order valence-electron chi connectivity index (χ4n) is 3.17. The largest absolute Gasteiger partial charge is 0.345 e. The average Bonchev–Trinajstić information content (AvgIpc) is 2.65. The maximum atomic E-state index is 12.5. The van der Waals surface area contributed by atoms with Gasteiger partial charge in [0.2, 0.25) is 15.9 Å². The van der Waals surface area contributed by atoms with Crippen molar-refractivity contribution in [3.8, 4) is 0 Å². The zero-order chi connectivity index (χ0) is 20.1. The van der Waals surface area contributed by atoms with Crippen molar-refractivity contribution < 1.29 is 13.2 Å². The molecule has 0 aliphatic heterocycles. The molecule has 2 N–H and O–H groups in total. The van der Waals surface area contributed by atoms with Gasteiger partial charge in [0.05, 0.1) is 10.9 Å². The highest BCUT2D eigenvalue weighted by Crippen LogP contribution is 2.38. The van der Waals surface area contributed by atoms with E-state index in [4.69, 9.17) is 0 Å². The summed E-state index contributed by atoms with van der Waals surface area (Å²) in [4.78, 5) is 12.7. The van der Waals surface area contributed by atoms with Crippen molar-refractivity contribution in [2.75, 3.05) is 7.05 Å². The zero-order valence-corrected chi connectivity index (χ0v) is 18.0. The molecule has 0 aromatic heterocycles. The van der Waals surface area contributed by atoms with Crippen LogP contribution in [0.15, 0.2) is 64.0 Å².